The Morgan fingerprint density at radius 2 is 1.53 bits per heavy atom. The number of ketones is 1. The molecule has 2 aromatic carbocycles. The summed E-state index contributed by atoms with van der Waals surface area (Å²) in [5.41, 5.74) is 2.10. The van der Waals surface area contributed by atoms with Crippen LogP contribution in [-0.4, -0.2) is 21.4 Å². The van der Waals surface area contributed by atoms with Crippen LogP contribution in [0.2, 0.25) is 0 Å². The number of benzene rings is 2. The maximum atomic E-state index is 12.2. The van der Waals surface area contributed by atoms with Crippen molar-refractivity contribution in [1.82, 2.24) is 0 Å². The molecule has 17 heavy (non-hydrogen) atoms. The molecule has 0 atom stereocenters. The second-order valence-electron chi connectivity index (χ2n) is 3.87. The third-order valence-corrected chi connectivity index (χ3v) is 2.85. The molecular formula is C14H10NO2+. The van der Waals surface area contributed by atoms with Gasteiger partial charge >= 0.3 is 5.71 Å². The molecule has 82 valence electrons. The van der Waals surface area contributed by atoms with Gasteiger partial charge in [0.15, 0.2) is 0 Å². The van der Waals surface area contributed by atoms with E-state index in [9.17, 15) is 10.0 Å². The zero-order valence-electron chi connectivity index (χ0n) is 9.00. The summed E-state index contributed by atoms with van der Waals surface area (Å²) in [6.07, 6.45) is 0. The first-order valence-corrected chi connectivity index (χ1v) is 5.34. The maximum absolute atomic E-state index is 12.2. The number of nitrogens with zero attached hydrogens (tertiary/aromatic N) is 1. The topological polar surface area (TPSA) is 40.3 Å². The van der Waals surface area contributed by atoms with E-state index in [1.807, 2.05) is 30.3 Å². The van der Waals surface area contributed by atoms with Crippen molar-refractivity contribution in [2.45, 2.75) is 0 Å². The minimum absolute atomic E-state index is 0.144. The van der Waals surface area contributed by atoms with Gasteiger partial charge in [0.2, 0.25) is 0 Å². The van der Waals surface area contributed by atoms with Gasteiger partial charge in [0.25, 0.3) is 11.5 Å². The first-order valence-electron chi connectivity index (χ1n) is 5.34. The van der Waals surface area contributed by atoms with Crippen LogP contribution in [0.1, 0.15) is 15.9 Å². The number of carbonyl (C=O) groups excluding carboxylic acids is 1. The number of fused-ring (bicyclic) bond motifs is 1. The highest BCUT2D eigenvalue weighted by Gasteiger charge is 2.39. The van der Waals surface area contributed by atoms with Crippen molar-refractivity contribution in [1.29, 1.82) is 0 Å². The van der Waals surface area contributed by atoms with E-state index in [0.717, 1.165) is 10.3 Å². The summed E-state index contributed by atoms with van der Waals surface area (Å²) >= 11 is 0. The highest BCUT2D eigenvalue weighted by Crippen LogP contribution is 2.26. The zero-order chi connectivity index (χ0) is 11.8. The predicted octanol–water partition coefficient (Wildman–Crippen LogP) is 2.41. The fourth-order valence-electron chi connectivity index (χ4n) is 2.04. The van der Waals surface area contributed by atoms with Crippen molar-refractivity contribution in [3.63, 3.8) is 0 Å². The van der Waals surface area contributed by atoms with E-state index < -0.39 is 0 Å². The number of hydrogen-bond acceptors (Lipinski definition) is 2. The summed E-state index contributed by atoms with van der Waals surface area (Å²) in [5, 5.41) is 10.0. The van der Waals surface area contributed by atoms with Gasteiger partial charge in [-0.1, -0.05) is 30.3 Å². The maximum Gasteiger partial charge on any atom is 0.313 e. The minimum Gasteiger partial charge on any atom is -0.284 e. The lowest BCUT2D eigenvalue weighted by Crippen LogP contribution is -2.17. The van der Waals surface area contributed by atoms with Crippen LogP contribution in [0.15, 0.2) is 54.6 Å². The molecule has 0 unspecified atom stereocenters. The van der Waals surface area contributed by atoms with Crippen molar-refractivity contribution < 1.29 is 14.7 Å². The zero-order valence-corrected chi connectivity index (χ0v) is 9.00. The van der Waals surface area contributed by atoms with E-state index in [4.69, 9.17) is 0 Å². The molecule has 0 aliphatic carbocycles. The number of hydrogen-bond donors (Lipinski definition) is 1. The molecule has 1 heterocycles. The lowest BCUT2D eigenvalue weighted by atomic mass is 10.0. The molecule has 1 N–H and O–H groups in total. The van der Waals surface area contributed by atoms with Crippen molar-refractivity contribution >= 4 is 17.2 Å². The van der Waals surface area contributed by atoms with Crippen molar-refractivity contribution in [3.8, 4) is 0 Å². The van der Waals surface area contributed by atoms with Crippen LogP contribution < -0.4 is 0 Å². The Hall–Kier alpha value is -2.42. The Bertz CT molecular complexity index is 630. The molecule has 0 saturated carbocycles. The Labute approximate surface area is 98.2 Å². The minimum atomic E-state index is -0.144. The van der Waals surface area contributed by atoms with Gasteiger partial charge in [-0.05, 0) is 18.2 Å². The monoisotopic (exact) mass is 224 g/mol. The van der Waals surface area contributed by atoms with Crippen LogP contribution in [0.25, 0.3) is 0 Å². The van der Waals surface area contributed by atoms with Gasteiger partial charge in [-0.2, -0.15) is 0 Å². The summed E-state index contributed by atoms with van der Waals surface area (Å²) < 4.78 is 0.965. The molecule has 3 nitrogen and oxygen atoms in total. The summed E-state index contributed by atoms with van der Waals surface area (Å²) in [5.74, 6) is -0.144. The van der Waals surface area contributed by atoms with Gasteiger partial charge in [0.05, 0.1) is 5.56 Å². The molecule has 1 aliphatic rings. The van der Waals surface area contributed by atoms with Crippen LogP contribution in [0.3, 0.4) is 0 Å². The molecule has 0 fully saturated rings. The van der Waals surface area contributed by atoms with Crippen molar-refractivity contribution in [3.05, 3.63) is 65.7 Å². The van der Waals surface area contributed by atoms with Crippen LogP contribution in [-0.2, 0) is 0 Å². The van der Waals surface area contributed by atoms with E-state index >= 15 is 0 Å². The Morgan fingerprint density at radius 1 is 0.882 bits per heavy atom. The van der Waals surface area contributed by atoms with E-state index in [1.165, 1.54) is 0 Å². The Morgan fingerprint density at radius 3 is 2.24 bits per heavy atom. The highest BCUT2D eigenvalue weighted by molar-refractivity contribution is 6.51. The number of rotatable bonds is 1. The average Bonchev–Trinajstić information content (AvgIpc) is 2.64. The molecule has 0 radical (unpaired) electrons. The Balaban J connectivity index is 2.22. The van der Waals surface area contributed by atoms with Gasteiger partial charge in [-0.15, -0.1) is 0 Å². The molecular weight excluding hydrogens is 214 g/mol. The van der Waals surface area contributed by atoms with Crippen LogP contribution in [0.5, 0.6) is 0 Å². The average molecular weight is 224 g/mol. The number of Topliss-reactive ketones (excluding diaryl/α,β-unsaturated/α-hetero) is 1. The molecule has 0 spiro atoms. The summed E-state index contributed by atoms with van der Waals surface area (Å²) in [7, 11) is 0. The molecule has 1 aliphatic heterocycles. The van der Waals surface area contributed by atoms with Gasteiger partial charge < -0.3 is 0 Å². The summed E-state index contributed by atoms with van der Waals surface area (Å²) in [6.45, 7) is 0. The van der Waals surface area contributed by atoms with E-state index in [1.54, 1.807) is 24.3 Å². The predicted molar refractivity (Wildman–Crippen MR) is 63.0 cm³/mol. The molecule has 3 rings (SSSR count). The van der Waals surface area contributed by atoms with E-state index in [2.05, 4.69) is 0 Å². The molecule has 3 heteroatoms. The van der Waals surface area contributed by atoms with Crippen molar-refractivity contribution in [2.24, 2.45) is 0 Å². The smallest absolute Gasteiger partial charge is 0.284 e. The first-order chi connectivity index (χ1) is 8.29. The largest absolute Gasteiger partial charge is 0.313 e. The summed E-state index contributed by atoms with van der Waals surface area (Å²) in [6, 6.07) is 16.2. The fraction of sp³-hybridized carbons (Fsp3) is 0. The van der Waals surface area contributed by atoms with E-state index in [-0.39, 0.29) is 5.78 Å². The van der Waals surface area contributed by atoms with Crippen LogP contribution in [0, 0.1) is 0 Å². The molecule has 0 saturated heterocycles. The molecule has 0 bridgehead atoms. The standard InChI is InChI=1S/C14H10NO2/c16-14-11-8-4-5-9-12(11)15(17)13(14)10-6-2-1-3-7-10/h1-9,17H/q+1. The van der Waals surface area contributed by atoms with Crippen LogP contribution >= 0.6 is 0 Å². The molecule has 2 aromatic rings. The lowest BCUT2D eigenvalue weighted by Gasteiger charge is -1.93. The first kappa shape index (κ1) is 9.78. The molecule has 0 amide bonds. The third kappa shape index (κ3) is 1.36. The van der Waals surface area contributed by atoms with Gasteiger partial charge in [0, 0.05) is 10.8 Å². The number of carbonyl (C=O) groups is 1. The fourth-order valence-corrected chi connectivity index (χ4v) is 2.04. The number of para-hydroxylation sites is 1. The SMILES string of the molecule is O=C1C(c2ccccc2)=[N+](O)c2ccccc21. The summed E-state index contributed by atoms with van der Waals surface area (Å²) in [4.78, 5) is 12.2. The normalized spacial score (nSPS) is 14.0. The van der Waals surface area contributed by atoms with E-state index in [0.29, 0.717) is 17.0 Å². The highest BCUT2D eigenvalue weighted by atomic mass is 16.5. The van der Waals surface area contributed by atoms with Gasteiger partial charge in [-0.25, -0.2) is 0 Å². The Kier molecular flexibility index (Phi) is 2.05. The van der Waals surface area contributed by atoms with Gasteiger partial charge in [-0.3, -0.25) is 10.0 Å². The van der Waals surface area contributed by atoms with Crippen molar-refractivity contribution in [2.75, 3.05) is 0 Å². The molecule has 0 aromatic heterocycles. The lowest BCUT2D eigenvalue weighted by molar-refractivity contribution is -0.710. The van der Waals surface area contributed by atoms with Gasteiger partial charge in [0.1, 0.15) is 5.56 Å². The second kappa shape index (κ2) is 3.56. The van der Waals surface area contributed by atoms with Crippen LogP contribution in [0.4, 0.5) is 5.69 Å². The second-order valence-corrected chi connectivity index (χ2v) is 3.87. The quantitative estimate of drug-likeness (QED) is 0.597. The third-order valence-electron chi connectivity index (χ3n) is 2.85.